The number of amides is 3. The van der Waals surface area contributed by atoms with Crippen LogP contribution in [0.3, 0.4) is 0 Å². The third kappa shape index (κ3) is 11.0. The molecular weight excluding hydrogens is 396 g/mol. The summed E-state index contributed by atoms with van der Waals surface area (Å²) < 4.78 is 0. The molecule has 0 aliphatic heterocycles. The summed E-state index contributed by atoms with van der Waals surface area (Å²) in [6.45, 7) is 1.52. The monoisotopic (exact) mass is 432 g/mol. The lowest BCUT2D eigenvalue weighted by Crippen LogP contribution is -2.57. The number of nitrogens with one attached hydrogen (secondary N) is 3. The van der Waals surface area contributed by atoms with E-state index in [1.807, 2.05) is 0 Å². The summed E-state index contributed by atoms with van der Waals surface area (Å²) in [4.78, 5) is 48.2. The fourth-order valence-corrected chi connectivity index (χ4v) is 2.55. The van der Waals surface area contributed by atoms with E-state index in [0.29, 0.717) is 38.8 Å². The number of carbonyl (C=O) groups excluding carboxylic acids is 3. The minimum Gasteiger partial charge on any atom is -0.480 e. The van der Waals surface area contributed by atoms with Crippen molar-refractivity contribution >= 4 is 23.7 Å². The number of aliphatic hydroxyl groups excluding tert-OH is 1. The predicted molar refractivity (Wildman–Crippen MR) is 110 cm³/mol. The van der Waals surface area contributed by atoms with E-state index in [1.54, 1.807) is 0 Å². The molecule has 12 heteroatoms. The van der Waals surface area contributed by atoms with Gasteiger partial charge in [0.2, 0.25) is 17.7 Å². The van der Waals surface area contributed by atoms with Gasteiger partial charge < -0.3 is 43.4 Å². The molecule has 174 valence electrons. The predicted octanol–water partition coefficient (Wildman–Crippen LogP) is -2.88. The summed E-state index contributed by atoms with van der Waals surface area (Å²) in [5, 5.41) is 25.9. The molecule has 0 rings (SSSR count). The minimum atomic E-state index is -1.30. The Labute approximate surface area is 176 Å². The van der Waals surface area contributed by atoms with Crippen molar-refractivity contribution in [1.82, 2.24) is 16.0 Å². The first-order valence-electron chi connectivity index (χ1n) is 10.1. The summed E-state index contributed by atoms with van der Waals surface area (Å²) in [6.07, 6.45) is 2.66. The van der Waals surface area contributed by atoms with Crippen LogP contribution in [0.15, 0.2) is 0 Å². The van der Waals surface area contributed by atoms with Crippen LogP contribution in [0, 0.1) is 0 Å². The molecule has 30 heavy (non-hydrogen) atoms. The van der Waals surface area contributed by atoms with E-state index in [4.69, 9.17) is 17.2 Å². The largest absolute Gasteiger partial charge is 0.480 e. The highest BCUT2D eigenvalue weighted by molar-refractivity contribution is 5.94. The third-order valence-electron chi connectivity index (χ3n) is 4.37. The molecule has 11 N–H and O–H groups in total. The average molecular weight is 433 g/mol. The summed E-state index contributed by atoms with van der Waals surface area (Å²) in [6, 6.07) is -4.36. The summed E-state index contributed by atoms with van der Waals surface area (Å²) >= 11 is 0. The van der Waals surface area contributed by atoms with Gasteiger partial charge >= 0.3 is 5.97 Å². The van der Waals surface area contributed by atoms with E-state index in [-0.39, 0.29) is 12.8 Å². The van der Waals surface area contributed by atoms with E-state index in [0.717, 1.165) is 0 Å². The Bertz CT molecular complexity index is 559. The number of carboxylic acids is 1. The number of unbranched alkanes of at least 4 members (excludes halogenated alkanes) is 2. The molecule has 0 bridgehead atoms. The highest BCUT2D eigenvalue weighted by Crippen LogP contribution is 2.05. The van der Waals surface area contributed by atoms with Crippen LogP contribution >= 0.6 is 0 Å². The van der Waals surface area contributed by atoms with Gasteiger partial charge in [0.1, 0.15) is 18.1 Å². The molecule has 0 aromatic heterocycles. The zero-order chi connectivity index (χ0) is 23.1. The lowest BCUT2D eigenvalue weighted by Gasteiger charge is -2.24. The molecule has 0 spiro atoms. The zero-order valence-electron chi connectivity index (χ0n) is 17.4. The molecule has 0 aliphatic rings. The van der Waals surface area contributed by atoms with Crippen LogP contribution in [0.25, 0.3) is 0 Å². The van der Waals surface area contributed by atoms with E-state index in [9.17, 15) is 29.4 Å². The molecule has 0 saturated heterocycles. The average Bonchev–Trinajstić information content (AvgIpc) is 2.69. The van der Waals surface area contributed by atoms with Crippen molar-refractivity contribution in [2.24, 2.45) is 17.2 Å². The van der Waals surface area contributed by atoms with Crippen molar-refractivity contribution in [2.75, 3.05) is 19.7 Å². The van der Waals surface area contributed by atoms with Crippen LogP contribution in [-0.2, 0) is 19.2 Å². The lowest BCUT2D eigenvalue weighted by molar-refractivity contribution is -0.142. The summed E-state index contributed by atoms with van der Waals surface area (Å²) in [7, 11) is 0. The molecule has 0 fully saturated rings. The Kier molecular flexibility index (Phi) is 14.4. The Morgan fingerprint density at radius 1 is 0.767 bits per heavy atom. The molecule has 0 aromatic rings. The van der Waals surface area contributed by atoms with Gasteiger partial charge in [0.25, 0.3) is 0 Å². The topological polar surface area (TPSA) is 223 Å². The Balaban J connectivity index is 5.16. The molecule has 12 nitrogen and oxygen atoms in total. The highest BCUT2D eigenvalue weighted by atomic mass is 16.4. The molecule has 0 radical (unpaired) electrons. The number of rotatable bonds is 16. The fraction of sp³-hybridized carbons (Fsp3) is 0.778. The summed E-state index contributed by atoms with van der Waals surface area (Å²) in [5.41, 5.74) is 16.3. The van der Waals surface area contributed by atoms with Gasteiger partial charge in [-0.15, -0.1) is 0 Å². The molecule has 0 saturated carbocycles. The van der Waals surface area contributed by atoms with Crippen LogP contribution in [0.2, 0.25) is 0 Å². The van der Waals surface area contributed by atoms with Crippen molar-refractivity contribution in [3.63, 3.8) is 0 Å². The standard InChI is InChI=1S/C18H36N6O6/c1-11(21)15(26)24-14(10-25)17(28)22-12(6-2-4-8-19)16(27)23-13(18(29)30)7-3-5-9-20/h11-14,25H,2-10,19-21H2,1H3,(H,22,28)(H,23,27)(H,24,26)(H,29,30). The van der Waals surface area contributed by atoms with Gasteiger partial charge in [-0.2, -0.15) is 0 Å². The number of hydrogen-bond donors (Lipinski definition) is 8. The van der Waals surface area contributed by atoms with E-state index in [2.05, 4.69) is 16.0 Å². The highest BCUT2D eigenvalue weighted by Gasteiger charge is 2.29. The van der Waals surface area contributed by atoms with Crippen molar-refractivity contribution < 1.29 is 29.4 Å². The van der Waals surface area contributed by atoms with Crippen LogP contribution in [-0.4, -0.2) is 77.8 Å². The number of carboxylic acid groups (broad SMARTS) is 1. The van der Waals surface area contributed by atoms with Gasteiger partial charge in [0.05, 0.1) is 12.6 Å². The van der Waals surface area contributed by atoms with E-state index in [1.165, 1.54) is 6.92 Å². The van der Waals surface area contributed by atoms with Gasteiger partial charge in [-0.25, -0.2) is 4.79 Å². The van der Waals surface area contributed by atoms with E-state index < -0.39 is 54.5 Å². The quantitative estimate of drug-likeness (QED) is 0.117. The molecular formula is C18H36N6O6. The normalized spacial score (nSPS) is 14.8. The Hall–Kier alpha value is -2.28. The second kappa shape index (κ2) is 15.5. The smallest absolute Gasteiger partial charge is 0.326 e. The van der Waals surface area contributed by atoms with Crippen molar-refractivity contribution in [3.05, 3.63) is 0 Å². The SMILES string of the molecule is CC(N)C(=O)NC(CO)C(=O)NC(CCCCN)C(=O)NC(CCCCN)C(=O)O. The maximum atomic E-state index is 12.6. The first-order valence-corrected chi connectivity index (χ1v) is 10.1. The maximum Gasteiger partial charge on any atom is 0.326 e. The van der Waals surface area contributed by atoms with Crippen molar-refractivity contribution in [1.29, 1.82) is 0 Å². The first kappa shape index (κ1) is 27.7. The fourth-order valence-electron chi connectivity index (χ4n) is 2.55. The lowest BCUT2D eigenvalue weighted by atomic mass is 10.1. The second-order valence-corrected chi connectivity index (χ2v) is 7.06. The van der Waals surface area contributed by atoms with Gasteiger partial charge in [-0.1, -0.05) is 0 Å². The number of aliphatic carboxylic acids is 1. The molecule has 0 heterocycles. The van der Waals surface area contributed by atoms with Crippen molar-refractivity contribution in [2.45, 2.75) is 69.6 Å². The third-order valence-corrected chi connectivity index (χ3v) is 4.37. The molecule has 0 aliphatic carbocycles. The van der Waals surface area contributed by atoms with E-state index >= 15 is 0 Å². The van der Waals surface area contributed by atoms with Crippen molar-refractivity contribution in [3.8, 4) is 0 Å². The van der Waals surface area contributed by atoms with Crippen LogP contribution < -0.4 is 33.2 Å². The molecule has 0 aromatic carbocycles. The maximum absolute atomic E-state index is 12.6. The van der Waals surface area contributed by atoms with Gasteiger partial charge in [-0.3, -0.25) is 14.4 Å². The Morgan fingerprint density at radius 3 is 1.63 bits per heavy atom. The van der Waals surface area contributed by atoms with Gasteiger partial charge in [-0.05, 0) is 58.5 Å². The van der Waals surface area contributed by atoms with Gasteiger partial charge in [0.15, 0.2) is 0 Å². The van der Waals surface area contributed by atoms with Gasteiger partial charge in [0, 0.05) is 0 Å². The number of carbonyl (C=O) groups is 4. The van der Waals surface area contributed by atoms with Crippen LogP contribution in [0.4, 0.5) is 0 Å². The number of aliphatic hydroxyl groups is 1. The number of nitrogens with two attached hydrogens (primary N) is 3. The molecule has 4 atom stereocenters. The van der Waals surface area contributed by atoms with Crippen LogP contribution in [0.5, 0.6) is 0 Å². The Morgan fingerprint density at radius 2 is 1.20 bits per heavy atom. The molecule has 3 amide bonds. The second-order valence-electron chi connectivity index (χ2n) is 7.06. The first-order chi connectivity index (χ1) is 14.2. The summed E-state index contributed by atoms with van der Waals surface area (Å²) in [5.74, 6) is -3.28. The molecule has 4 unspecified atom stereocenters. The number of hydrogen-bond acceptors (Lipinski definition) is 8. The zero-order valence-corrected chi connectivity index (χ0v) is 17.4. The van der Waals surface area contributed by atoms with Crippen LogP contribution in [0.1, 0.15) is 45.4 Å². The minimum absolute atomic E-state index is 0.200.